The second-order valence-corrected chi connectivity index (χ2v) is 8.93. The van der Waals surface area contributed by atoms with Crippen LogP contribution >= 0.6 is 23.2 Å². The van der Waals surface area contributed by atoms with E-state index < -0.39 is 11.8 Å². The molecular formula is C28H18Cl2O5. The van der Waals surface area contributed by atoms with E-state index in [-0.39, 0.29) is 21.2 Å². The zero-order valence-electron chi connectivity index (χ0n) is 18.5. The number of rotatable bonds is 6. The van der Waals surface area contributed by atoms with E-state index in [1.54, 1.807) is 25.3 Å². The van der Waals surface area contributed by atoms with Crippen LogP contribution in [0.3, 0.4) is 0 Å². The third-order valence-electron chi connectivity index (χ3n) is 5.90. The summed E-state index contributed by atoms with van der Waals surface area (Å²) in [5.74, 6) is -0.924. The lowest BCUT2D eigenvalue weighted by atomic mass is 9.96. The molecule has 0 spiro atoms. The van der Waals surface area contributed by atoms with E-state index in [4.69, 9.17) is 32.4 Å². The van der Waals surface area contributed by atoms with Crippen molar-refractivity contribution >= 4 is 56.9 Å². The van der Waals surface area contributed by atoms with Crippen molar-refractivity contribution in [2.24, 2.45) is 0 Å². The number of aromatic carboxylic acids is 1. The number of benzene rings is 4. The minimum Gasteiger partial charge on any atom is -0.497 e. The molecule has 0 unspecified atom stereocenters. The first kappa shape index (κ1) is 23.0. The molecule has 0 atom stereocenters. The summed E-state index contributed by atoms with van der Waals surface area (Å²) >= 11 is 12.1. The number of carbonyl (C=O) groups excluding carboxylic acids is 1. The van der Waals surface area contributed by atoms with E-state index in [0.717, 1.165) is 34.1 Å². The van der Waals surface area contributed by atoms with Crippen molar-refractivity contribution < 1.29 is 23.8 Å². The fourth-order valence-electron chi connectivity index (χ4n) is 4.12. The van der Waals surface area contributed by atoms with Crippen molar-refractivity contribution in [3.8, 4) is 5.75 Å². The normalized spacial score (nSPS) is 11.2. The molecule has 0 aliphatic rings. The van der Waals surface area contributed by atoms with Crippen LogP contribution in [0, 0.1) is 0 Å². The fourth-order valence-corrected chi connectivity index (χ4v) is 4.45. The van der Waals surface area contributed by atoms with E-state index in [2.05, 4.69) is 0 Å². The number of fused-ring (bicyclic) bond motifs is 3. The second-order valence-electron chi connectivity index (χ2n) is 8.11. The van der Waals surface area contributed by atoms with E-state index in [0.29, 0.717) is 16.7 Å². The summed E-state index contributed by atoms with van der Waals surface area (Å²) in [6.07, 6.45) is 0.719. The number of carboxylic acids is 1. The topological polar surface area (TPSA) is 76.7 Å². The molecule has 0 amide bonds. The highest BCUT2D eigenvalue weighted by molar-refractivity contribution is 6.42. The summed E-state index contributed by atoms with van der Waals surface area (Å²) in [7, 11) is 1.63. The summed E-state index contributed by atoms with van der Waals surface area (Å²) in [5.41, 5.74) is 3.63. The first-order valence-electron chi connectivity index (χ1n) is 10.7. The summed E-state index contributed by atoms with van der Waals surface area (Å²) in [4.78, 5) is 25.0. The SMILES string of the molecule is COc1ccc(Cc2ccc3oc4ccc(C(=O)c5cc(Cl)c(Cl)cc5C(=O)O)cc4c3c2)cc1. The first-order valence-corrected chi connectivity index (χ1v) is 11.4. The molecule has 1 N–H and O–H groups in total. The molecule has 0 saturated carbocycles. The zero-order chi connectivity index (χ0) is 24.7. The molecule has 0 radical (unpaired) electrons. The smallest absolute Gasteiger partial charge is 0.336 e. The van der Waals surface area contributed by atoms with Gasteiger partial charge in [0.2, 0.25) is 0 Å². The maximum absolute atomic E-state index is 13.3. The Balaban J connectivity index is 1.55. The molecule has 1 aromatic heterocycles. The minimum atomic E-state index is -1.26. The predicted octanol–water partition coefficient (Wildman–Crippen LogP) is 7.42. The largest absolute Gasteiger partial charge is 0.497 e. The van der Waals surface area contributed by atoms with Gasteiger partial charge in [0.15, 0.2) is 5.78 Å². The molecule has 0 bridgehead atoms. The molecule has 174 valence electrons. The quantitative estimate of drug-likeness (QED) is 0.243. The zero-order valence-corrected chi connectivity index (χ0v) is 20.0. The molecule has 5 nitrogen and oxygen atoms in total. The van der Waals surface area contributed by atoms with E-state index in [9.17, 15) is 14.7 Å². The Morgan fingerprint density at radius 2 is 1.40 bits per heavy atom. The molecule has 5 aromatic rings. The van der Waals surface area contributed by atoms with Gasteiger partial charge in [0.25, 0.3) is 0 Å². The van der Waals surface area contributed by atoms with Gasteiger partial charge in [0.1, 0.15) is 16.9 Å². The molecule has 35 heavy (non-hydrogen) atoms. The van der Waals surface area contributed by atoms with Crippen LogP contribution in [0.2, 0.25) is 10.0 Å². The highest BCUT2D eigenvalue weighted by Gasteiger charge is 2.21. The first-order chi connectivity index (χ1) is 16.8. The van der Waals surface area contributed by atoms with Gasteiger partial charge >= 0.3 is 5.97 Å². The number of halogens is 2. The highest BCUT2D eigenvalue weighted by Crippen LogP contribution is 2.33. The van der Waals surface area contributed by atoms with Crippen LogP contribution in [0.15, 0.2) is 77.2 Å². The second kappa shape index (κ2) is 9.10. The predicted molar refractivity (Wildman–Crippen MR) is 136 cm³/mol. The minimum absolute atomic E-state index is 0.0285. The van der Waals surface area contributed by atoms with E-state index >= 15 is 0 Å². The van der Waals surface area contributed by atoms with Crippen molar-refractivity contribution in [1.82, 2.24) is 0 Å². The summed E-state index contributed by atoms with van der Waals surface area (Å²) in [6.45, 7) is 0. The van der Waals surface area contributed by atoms with Crippen LogP contribution in [0.5, 0.6) is 5.75 Å². The third kappa shape index (κ3) is 4.36. The maximum atomic E-state index is 13.3. The van der Waals surface area contributed by atoms with Crippen LogP contribution in [-0.4, -0.2) is 24.0 Å². The standard InChI is InChI=1S/C28H18Cl2O5/c1-34-18-6-2-15(3-7-18)10-16-4-8-25-19(11-16)20-12-17(5-9-26(20)35-25)27(31)21-13-23(29)24(30)14-22(21)28(32)33/h2-9,11-14H,10H2,1H3,(H,32,33). The number of hydrogen-bond donors (Lipinski definition) is 1. The van der Waals surface area contributed by atoms with Gasteiger partial charge in [0.05, 0.1) is 22.7 Å². The molecule has 0 aliphatic carbocycles. The molecule has 7 heteroatoms. The average Bonchev–Trinajstić information content (AvgIpc) is 3.22. The number of methoxy groups -OCH3 is 1. The van der Waals surface area contributed by atoms with E-state index in [1.807, 2.05) is 42.5 Å². The van der Waals surface area contributed by atoms with Crippen LogP contribution in [0.25, 0.3) is 21.9 Å². The maximum Gasteiger partial charge on any atom is 0.336 e. The van der Waals surface area contributed by atoms with Crippen molar-refractivity contribution in [2.45, 2.75) is 6.42 Å². The van der Waals surface area contributed by atoms with Gasteiger partial charge in [0, 0.05) is 21.9 Å². The lowest BCUT2D eigenvalue weighted by molar-refractivity contribution is 0.0693. The third-order valence-corrected chi connectivity index (χ3v) is 6.62. The van der Waals surface area contributed by atoms with Crippen molar-refractivity contribution in [2.75, 3.05) is 7.11 Å². The Kier molecular flexibility index (Phi) is 5.97. The highest BCUT2D eigenvalue weighted by atomic mass is 35.5. The monoisotopic (exact) mass is 504 g/mol. The number of ether oxygens (including phenoxy) is 1. The Bertz CT molecular complexity index is 1620. The lowest BCUT2D eigenvalue weighted by Gasteiger charge is -2.08. The summed E-state index contributed by atoms with van der Waals surface area (Å²) < 4.78 is 11.2. The van der Waals surface area contributed by atoms with Gasteiger partial charge in [-0.2, -0.15) is 0 Å². The van der Waals surface area contributed by atoms with Crippen LogP contribution in [0.4, 0.5) is 0 Å². The lowest BCUT2D eigenvalue weighted by Crippen LogP contribution is -2.10. The Morgan fingerprint density at radius 1 is 0.800 bits per heavy atom. The molecule has 4 aromatic carbocycles. The number of carboxylic acid groups (broad SMARTS) is 1. The van der Waals surface area contributed by atoms with Gasteiger partial charge < -0.3 is 14.3 Å². The number of ketones is 1. The number of furan rings is 1. The van der Waals surface area contributed by atoms with Gasteiger partial charge in [-0.3, -0.25) is 4.79 Å². The Hall–Kier alpha value is -3.80. The molecule has 1 heterocycles. The summed E-state index contributed by atoms with van der Waals surface area (Å²) in [5, 5.41) is 11.4. The van der Waals surface area contributed by atoms with Crippen LogP contribution in [-0.2, 0) is 6.42 Å². The Labute approximate surface area is 210 Å². The molecule has 5 rings (SSSR count). The van der Waals surface area contributed by atoms with Crippen LogP contribution < -0.4 is 4.74 Å². The summed E-state index contributed by atoms with van der Waals surface area (Å²) in [6, 6.07) is 21.4. The Morgan fingerprint density at radius 3 is 2.06 bits per heavy atom. The van der Waals surface area contributed by atoms with Gasteiger partial charge in [-0.05, 0) is 72.1 Å². The van der Waals surface area contributed by atoms with Crippen molar-refractivity contribution in [3.05, 3.63) is 111 Å². The number of carbonyl (C=O) groups is 2. The molecular weight excluding hydrogens is 487 g/mol. The number of hydrogen-bond acceptors (Lipinski definition) is 4. The van der Waals surface area contributed by atoms with Gasteiger partial charge in [-0.25, -0.2) is 4.79 Å². The van der Waals surface area contributed by atoms with Crippen molar-refractivity contribution in [1.29, 1.82) is 0 Å². The molecule has 0 aliphatic heterocycles. The molecule has 0 fully saturated rings. The molecule has 0 saturated heterocycles. The average molecular weight is 505 g/mol. The van der Waals surface area contributed by atoms with Crippen LogP contribution in [0.1, 0.15) is 37.4 Å². The van der Waals surface area contributed by atoms with Crippen molar-refractivity contribution in [3.63, 3.8) is 0 Å². The fraction of sp³-hybridized carbons (Fsp3) is 0.0714. The van der Waals surface area contributed by atoms with Gasteiger partial charge in [-0.1, -0.05) is 41.4 Å². The van der Waals surface area contributed by atoms with E-state index in [1.165, 1.54) is 12.1 Å². The van der Waals surface area contributed by atoms with Gasteiger partial charge in [-0.15, -0.1) is 0 Å².